The quantitative estimate of drug-likeness (QED) is 0.497. The number of hydrogen-bond donors (Lipinski definition) is 1. The van der Waals surface area contributed by atoms with Gasteiger partial charge in [0.25, 0.3) is 0 Å². The molecule has 1 saturated heterocycles. The molecule has 170 valence electrons. The second kappa shape index (κ2) is 8.12. The number of piperazine rings is 1. The molecule has 1 aliphatic rings. The van der Waals surface area contributed by atoms with Crippen molar-refractivity contribution >= 4 is 39.9 Å². The van der Waals surface area contributed by atoms with Crippen molar-refractivity contribution in [3.05, 3.63) is 48.3 Å². The topological polar surface area (TPSA) is 134 Å². The highest BCUT2D eigenvalue weighted by Crippen LogP contribution is 2.32. The Hall–Kier alpha value is -4.52. The molecule has 0 bridgehead atoms. The summed E-state index contributed by atoms with van der Waals surface area (Å²) in [6.07, 6.45) is 3.41. The number of benzene rings is 1. The predicted molar refractivity (Wildman–Crippen MR) is 127 cm³/mol. The summed E-state index contributed by atoms with van der Waals surface area (Å²) in [5.41, 5.74) is 9.43. The molecule has 1 aromatic carbocycles. The van der Waals surface area contributed by atoms with Crippen LogP contribution in [-0.4, -0.2) is 61.8 Å². The SMILES string of the molecule is CC(=O)C1CN(c2nc3c(-c4cnc5ccccc5c4)cnn3c(N)c2C#N)CCN1C(C)=O. The van der Waals surface area contributed by atoms with Crippen molar-refractivity contribution in [1.29, 1.82) is 5.26 Å². The van der Waals surface area contributed by atoms with Gasteiger partial charge in [-0.3, -0.25) is 14.6 Å². The molecule has 3 aromatic heterocycles. The summed E-state index contributed by atoms with van der Waals surface area (Å²) in [4.78, 5) is 37.0. The molecule has 0 aliphatic carbocycles. The van der Waals surface area contributed by atoms with Crippen LogP contribution < -0.4 is 10.6 Å². The van der Waals surface area contributed by atoms with Gasteiger partial charge in [0.2, 0.25) is 5.91 Å². The molecule has 1 amide bonds. The Balaban J connectivity index is 1.63. The molecule has 0 saturated carbocycles. The zero-order chi connectivity index (χ0) is 24.0. The van der Waals surface area contributed by atoms with Crippen molar-refractivity contribution in [3.63, 3.8) is 0 Å². The van der Waals surface area contributed by atoms with Gasteiger partial charge in [0, 0.05) is 49.3 Å². The van der Waals surface area contributed by atoms with Gasteiger partial charge in [0.05, 0.1) is 11.7 Å². The molecule has 10 heteroatoms. The largest absolute Gasteiger partial charge is 0.382 e. The minimum atomic E-state index is -0.619. The molecular weight excluding hydrogens is 432 g/mol. The van der Waals surface area contributed by atoms with Gasteiger partial charge in [-0.15, -0.1) is 0 Å². The van der Waals surface area contributed by atoms with Crippen LogP contribution in [0.3, 0.4) is 0 Å². The normalized spacial score (nSPS) is 16.1. The van der Waals surface area contributed by atoms with Gasteiger partial charge in [-0.25, -0.2) is 4.98 Å². The smallest absolute Gasteiger partial charge is 0.220 e. The van der Waals surface area contributed by atoms with E-state index in [0.717, 1.165) is 22.0 Å². The number of nitrogens with two attached hydrogens (primary N) is 1. The third kappa shape index (κ3) is 3.38. The lowest BCUT2D eigenvalue weighted by Gasteiger charge is -2.40. The number of carbonyl (C=O) groups is 2. The van der Waals surface area contributed by atoms with Crippen LogP contribution >= 0.6 is 0 Å². The third-order valence-corrected chi connectivity index (χ3v) is 6.23. The van der Waals surface area contributed by atoms with E-state index in [-0.39, 0.29) is 29.6 Å². The van der Waals surface area contributed by atoms with E-state index in [1.807, 2.05) is 35.2 Å². The molecule has 5 rings (SSSR count). The lowest BCUT2D eigenvalue weighted by molar-refractivity contribution is -0.137. The fourth-order valence-corrected chi connectivity index (χ4v) is 4.46. The monoisotopic (exact) mass is 454 g/mol. The third-order valence-electron chi connectivity index (χ3n) is 6.23. The number of amides is 1. The molecule has 1 fully saturated rings. The Labute approximate surface area is 195 Å². The first kappa shape index (κ1) is 21.3. The van der Waals surface area contributed by atoms with E-state index in [2.05, 4.69) is 16.2 Å². The number of nitrogens with zero attached hydrogens (tertiary/aromatic N) is 7. The highest BCUT2D eigenvalue weighted by molar-refractivity contribution is 5.89. The van der Waals surface area contributed by atoms with Crippen LogP contribution in [0.1, 0.15) is 19.4 Å². The van der Waals surface area contributed by atoms with Gasteiger partial charge < -0.3 is 15.5 Å². The summed E-state index contributed by atoms with van der Waals surface area (Å²) in [5, 5.41) is 15.2. The van der Waals surface area contributed by atoms with Crippen molar-refractivity contribution < 1.29 is 9.59 Å². The van der Waals surface area contributed by atoms with Crippen LogP contribution in [0.15, 0.2) is 42.7 Å². The summed E-state index contributed by atoms with van der Waals surface area (Å²) in [7, 11) is 0. The summed E-state index contributed by atoms with van der Waals surface area (Å²) >= 11 is 0. The van der Waals surface area contributed by atoms with E-state index < -0.39 is 6.04 Å². The lowest BCUT2D eigenvalue weighted by Crippen LogP contribution is -2.57. The fourth-order valence-electron chi connectivity index (χ4n) is 4.46. The Morgan fingerprint density at radius 1 is 1.18 bits per heavy atom. The molecule has 4 heterocycles. The number of hydrogen-bond acceptors (Lipinski definition) is 8. The molecule has 10 nitrogen and oxygen atoms in total. The minimum absolute atomic E-state index is 0.125. The number of nitrogen functional groups attached to an aromatic ring is 1. The number of anilines is 2. The van der Waals surface area contributed by atoms with E-state index >= 15 is 0 Å². The molecule has 1 aliphatic heterocycles. The molecule has 0 spiro atoms. The van der Waals surface area contributed by atoms with Crippen molar-refractivity contribution in [2.75, 3.05) is 30.3 Å². The Morgan fingerprint density at radius 2 is 1.97 bits per heavy atom. The van der Waals surface area contributed by atoms with E-state index in [4.69, 9.17) is 10.7 Å². The van der Waals surface area contributed by atoms with Crippen LogP contribution in [0.25, 0.3) is 27.7 Å². The van der Waals surface area contributed by atoms with E-state index in [1.165, 1.54) is 18.4 Å². The lowest BCUT2D eigenvalue weighted by atomic mass is 10.1. The summed E-state index contributed by atoms with van der Waals surface area (Å²) in [5.74, 6) is 0.248. The van der Waals surface area contributed by atoms with Gasteiger partial charge in [-0.1, -0.05) is 18.2 Å². The number of para-hydroxylation sites is 1. The number of aromatic nitrogens is 4. The first-order valence-corrected chi connectivity index (χ1v) is 10.8. The maximum atomic E-state index is 12.3. The average molecular weight is 454 g/mol. The summed E-state index contributed by atoms with van der Waals surface area (Å²) in [6.45, 7) is 3.90. The van der Waals surface area contributed by atoms with Crippen LogP contribution in [-0.2, 0) is 9.59 Å². The number of nitriles is 1. The van der Waals surface area contributed by atoms with Crippen molar-refractivity contribution in [1.82, 2.24) is 24.5 Å². The van der Waals surface area contributed by atoms with Crippen LogP contribution in [0.5, 0.6) is 0 Å². The fraction of sp³-hybridized carbons (Fsp3) is 0.250. The van der Waals surface area contributed by atoms with E-state index in [9.17, 15) is 14.9 Å². The van der Waals surface area contributed by atoms with Crippen LogP contribution in [0.2, 0.25) is 0 Å². The summed E-state index contributed by atoms with van der Waals surface area (Å²) < 4.78 is 1.45. The number of Topliss-reactive ketones (excluding diaryl/α,β-unsaturated/α-hetero) is 1. The minimum Gasteiger partial charge on any atom is -0.382 e. The van der Waals surface area contributed by atoms with Crippen molar-refractivity contribution in [3.8, 4) is 17.2 Å². The Bertz CT molecular complexity index is 1500. The number of carbonyl (C=O) groups excluding carboxylic acids is 2. The van der Waals surface area contributed by atoms with Crippen molar-refractivity contribution in [2.24, 2.45) is 0 Å². The molecule has 2 N–H and O–H groups in total. The molecule has 4 aromatic rings. The second-order valence-corrected chi connectivity index (χ2v) is 8.30. The van der Waals surface area contributed by atoms with Gasteiger partial charge in [-0.05, 0) is 19.1 Å². The first-order valence-electron chi connectivity index (χ1n) is 10.8. The zero-order valence-electron chi connectivity index (χ0n) is 18.8. The highest BCUT2D eigenvalue weighted by Gasteiger charge is 2.34. The van der Waals surface area contributed by atoms with Crippen LogP contribution in [0.4, 0.5) is 11.6 Å². The number of ketones is 1. The van der Waals surface area contributed by atoms with Gasteiger partial charge in [0.1, 0.15) is 23.5 Å². The number of rotatable bonds is 3. The maximum absolute atomic E-state index is 12.3. The van der Waals surface area contributed by atoms with Gasteiger partial charge in [-0.2, -0.15) is 14.9 Å². The first-order chi connectivity index (χ1) is 16.4. The van der Waals surface area contributed by atoms with Gasteiger partial charge >= 0.3 is 0 Å². The maximum Gasteiger partial charge on any atom is 0.220 e. The van der Waals surface area contributed by atoms with E-state index in [1.54, 1.807) is 17.3 Å². The van der Waals surface area contributed by atoms with Crippen LogP contribution in [0, 0.1) is 11.3 Å². The van der Waals surface area contributed by atoms with Crippen molar-refractivity contribution in [2.45, 2.75) is 19.9 Å². The second-order valence-electron chi connectivity index (χ2n) is 8.30. The van der Waals surface area contributed by atoms with E-state index in [0.29, 0.717) is 24.6 Å². The molecular formula is C24H22N8O2. The number of pyridine rings is 1. The number of fused-ring (bicyclic) bond motifs is 2. The summed E-state index contributed by atoms with van der Waals surface area (Å²) in [6, 6.07) is 11.3. The predicted octanol–water partition coefficient (Wildman–Crippen LogP) is 2.02. The molecule has 34 heavy (non-hydrogen) atoms. The Kier molecular flexibility index (Phi) is 5.09. The zero-order valence-corrected chi connectivity index (χ0v) is 18.8. The standard InChI is InChI=1S/C24H22N8O2/c1-14(33)21-13-30(7-8-31(21)15(2)34)23-18(10-25)22(26)32-24(29-23)19(12-28-32)17-9-16-5-3-4-6-20(16)27-11-17/h3-6,9,11-12,21H,7-8,13,26H2,1-2H3. The highest BCUT2D eigenvalue weighted by atomic mass is 16.2. The average Bonchev–Trinajstić information content (AvgIpc) is 3.27. The van der Waals surface area contributed by atoms with Gasteiger partial charge in [0.15, 0.2) is 17.2 Å². The Morgan fingerprint density at radius 3 is 2.71 bits per heavy atom. The molecule has 0 radical (unpaired) electrons. The molecule has 1 unspecified atom stereocenters. The molecule has 1 atom stereocenters.